The van der Waals surface area contributed by atoms with Crippen molar-refractivity contribution in [1.82, 2.24) is 0 Å². The van der Waals surface area contributed by atoms with Crippen molar-refractivity contribution >= 4 is 5.57 Å². The highest BCUT2D eigenvalue weighted by Gasteiger charge is 2.67. The molecular formula is C41H64O9. The van der Waals surface area contributed by atoms with E-state index in [0.717, 1.165) is 38.5 Å². The Labute approximate surface area is 301 Å². The van der Waals surface area contributed by atoms with E-state index in [4.69, 9.17) is 42.6 Å². The monoisotopic (exact) mass is 700 g/mol. The Kier molecular flexibility index (Phi) is 12.8. The molecule has 0 amide bonds. The fraction of sp³-hybridized carbons (Fsp3) is 0.805. The second-order valence-corrected chi connectivity index (χ2v) is 15.6. The molecule has 0 bridgehead atoms. The van der Waals surface area contributed by atoms with Crippen LogP contribution in [-0.4, -0.2) is 89.7 Å². The normalized spacial score (nSPS) is 41.3. The fourth-order valence-electron chi connectivity index (χ4n) is 10.8. The smallest absolute Gasteiger partial charge is 0.187 e. The molecule has 3 saturated carbocycles. The second kappa shape index (κ2) is 16.7. The van der Waals surface area contributed by atoms with Gasteiger partial charge in [0.2, 0.25) is 0 Å². The van der Waals surface area contributed by atoms with Crippen LogP contribution in [0, 0.1) is 28.6 Å². The first-order chi connectivity index (χ1) is 24.3. The quantitative estimate of drug-likeness (QED) is 0.0977. The molecule has 50 heavy (non-hydrogen) atoms. The first-order valence-electron chi connectivity index (χ1n) is 19.5. The molecular weight excluding hydrogens is 636 g/mol. The van der Waals surface area contributed by atoms with E-state index in [9.17, 15) is 0 Å². The molecule has 0 radical (unpaired) electrons. The maximum atomic E-state index is 7.06. The Balaban J connectivity index is 1.17. The van der Waals surface area contributed by atoms with Crippen molar-refractivity contribution in [1.29, 1.82) is 0 Å². The lowest BCUT2D eigenvalue weighted by Crippen LogP contribution is -2.63. The zero-order chi connectivity index (χ0) is 35.4. The van der Waals surface area contributed by atoms with E-state index in [1.807, 2.05) is 20.8 Å². The third-order valence-electron chi connectivity index (χ3n) is 13.4. The number of rotatable bonds is 16. The average Bonchev–Trinajstić information content (AvgIpc) is 3.43. The van der Waals surface area contributed by atoms with Gasteiger partial charge in [0.1, 0.15) is 38.7 Å². The summed E-state index contributed by atoms with van der Waals surface area (Å²) in [6.07, 6.45) is 9.26. The van der Waals surface area contributed by atoms with Crippen molar-refractivity contribution < 1.29 is 42.6 Å². The van der Waals surface area contributed by atoms with Crippen molar-refractivity contribution in [3.05, 3.63) is 42.0 Å². The number of methoxy groups -OCH3 is 1. The SMILES string of the molecule is CCOCO[C@@H]1[C@H](O[C@H]2CC[C@@]3(C)[C@H](CC[C@@H]4[C@@H]3CC[C@]3(C)C(c5ccccc5)=CC[C@]43OCOCC)C2)O[C@@H](C)[C@H](OCOCC)[C@H]1OC. The number of hydrogen-bond acceptors (Lipinski definition) is 9. The van der Waals surface area contributed by atoms with Crippen LogP contribution < -0.4 is 0 Å². The lowest BCUT2D eigenvalue weighted by atomic mass is 9.43. The van der Waals surface area contributed by atoms with Crippen LogP contribution in [0.2, 0.25) is 0 Å². The molecule has 0 aromatic heterocycles. The van der Waals surface area contributed by atoms with E-state index in [2.05, 4.69) is 57.2 Å². The van der Waals surface area contributed by atoms with Crippen molar-refractivity contribution in [2.24, 2.45) is 28.6 Å². The Bertz CT molecular complexity index is 1240. The van der Waals surface area contributed by atoms with Crippen LogP contribution in [0.3, 0.4) is 0 Å². The summed E-state index contributed by atoms with van der Waals surface area (Å²) in [6, 6.07) is 11.0. The molecule has 5 aliphatic rings. The van der Waals surface area contributed by atoms with Gasteiger partial charge in [-0.15, -0.1) is 0 Å². The molecule has 0 spiro atoms. The highest BCUT2D eigenvalue weighted by molar-refractivity contribution is 5.74. The van der Waals surface area contributed by atoms with Crippen LogP contribution in [0.5, 0.6) is 0 Å². The van der Waals surface area contributed by atoms with Gasteiger partial charge in [-0.2, -0.15) is 0 Å². The van der Waals surface area contributed by atoms with Crippen molar-refractivity contribution in [2.75, 3.05) is 47.3 Å². The first-order valence-corrected chi connectivity index (χ1v) is 19.5. The molecule has 0 unspecified atom stereocenters. The number of fused-ring (bicyclic) bond motifs is 5. The predicted octanol–water partition coefficient (Wildman–Crippen LogP) is 7.76. The molecule has 0 N–H and O–H groups in total. The molecule has 1 aromatic rings. The van der Waals surface area contributed by atoms with E-state index >= 15 is 0 Å². The largest absolute Gasteiger partial charge is 0.376 e. The first kappa shape index (κ1) is 38.3. The minimum atomic E-state index is -0.584. The lowest BCUT2D eigenvalue weighted by Gasteiger charge is -2.64. The standard InChI is InChI=1S/C41H64O9/c1-8-43-25-46-35-28(4)49-38(37(36(35)42-7)47-26-44-9-2)50-31-18-21-39(5)30(24-31)16-17-34-33(39)19-22-40(6)32(29-14-12-11-13-15-29)20-23-41(34,40)48-27-45-10-3/h11-15,20,28,30-31,33-38H,8-10,16-19,21-27H2,1-7H3/t28-,30+,31-,33-,34+,35-,36+,37-,38-,39-,40+,41-/m0/s1. The van der Waals surface area contributed by atoms with Gasteiger partial charge in [-0.05, 0) is 113 Å². The van der Waals surface area contributed by atoms with Gasteiger partial charge in [-0.25, -0.2) is 0 Å². The Hall–Kier alpha value is -1.40. The molecule has 12 atom stereocenters. The lowest BCUT2D eigenvalue weighted by molar-refractivity contribution is -0.339. The number of ether oxygens (including phenoxy) is 9. The van der Waals surface area contributed by atoms with Gasteiger partial charge in [-0.3, -0.25) is 0 Å². The van der Waals surface area contributed by atoms with Gasteiger partial charge in [0.15, 0.2) is 6.29 Å². The van der Waals surface area contributed by atoms with Crippen LogP contribution in [0.4, 0.5) is 0 Å². The Morgan fingerprint density at radius 2 is 1.48 bits per heavy atom. The molecule has 4 fully saturated rings. The van der Waals surface area contributed by atoms with Crippen LogP contribution in [-0.2, 0) is 42.6 Å². The summed E-state index contributed by atoms with van der Waals surface area (Å²) < 4.78 is 55.8. The molecule has 1 heterocycles. The van der Waals surface area contributed by atoms with E-state index in [1.165, 1.54) is 24.0 Å². The third-order valence-corrected chi connectivity index (χ3v) is 13.4. The Morgan fingerprint density at radius 3 is 2.18 bits per heavy atom. The second-order valence-electron chi connectivity index (χ2n) is 15.6. The third kappa shape index (κ3) is 7.13. The van der Waals surface area contributed by atoms with Crippen LogP contribution in [0.15, 0.2) is 36.4 Å². The molecule has 282 valence electrons. The topological polar surface area (TPSA) is 83.1 Å². The molecule has 1 aromatic carbocycles. The summed E-state index contributed by atoms with van der Waals surface area (Å²) in [5.41, 5.74) is 2.70. The van der Waals surface area contributed by atoms with E-state index in [1.54, 1.807) is 7.11 Å². The van der Waals surface area contributed by atoms with E-state index < -0.39 is 12.4 Å². The number of benzene rings is 1. The van der Waals surface area contributed by atoms with Gasteiger partial charge < -0.3 is 42.6 Å². The molecule has 6 rings (SSSR count). The molecule has 4 aliphatic carbocycles. The van der Waals surface area contributed by atoms with E-state index in [-0.39, 0.29) is 54.4 Å². The number of hydrogen-bond donors (Lipinski definition) is 0. The summed E-state index contributed by atoms with van der Waals surface area (Å²) in [7, 11) is 1.70. The predicted molar refractivity (Wildman–Crippen MR) is 191 cm³/mol. The van der Waals surface area contributed by atoms with Crippen molar-refractivity contribution in [3.8, 4) is 0 Å². The van der Waals surface area contributed by atoms with Crippen LogP contribution in [0.25, 0.3) is 5.57 Å². The summed E-state index contributed by atoms with van der Waals surface area (Å²) >= 11 is 0. The maximum absolute atomic E-state index is 7.06. The molecule has 1 saturated heterocycles. The Morgan fingerprint density at radius 1 is 0.780 bits per heavy atom. The maximum Gasteiger partial charge on any atom is 0.187 e. The molecule has 1 aliphatic heterocycles. The summed E-state index contributed by atoms with van der Waals surface area (Å²) in [5, 5.41) is 0. The minimum Gasteiger partial charge on any atom is -0.376 e. The molecule has 9 heteroatoms. The molecule has 9 nitrogen and oxygen atoms in total. The fourth-order valence-corrected chi connectivity index (χ4v) is 10.8. The zero-order valence-corrected chi connectivity index (χ0v) is 31.7. The zero-order valence-electron chi connectivity index (χ0n) is 31.7. The van der Waals surface area contributed by atoms with Crippen LogP contribution >= 0.6 is 0 Å². The van der Waals surface area contributed by atoms with Gasteiger partial charge in [0.05, 0.1) is 17.8 Å². The highest BCUT2D eigenvalue weighted by atomic mass is 16.8. The van der Waals surface area contributed by atoms with E-state index in [0.29, 0.717) is 44.4 Å². The summed E-state index contributed by atoms with van der Waals surface area (Å²) in [5.74, 6) is 1.64. The average molecular weight is 701 g/mol. The van der Waals surface area contributed by atoms with Gasteiger partial charge in [0, 0.05) is 32.3 Å². The van der Waals surface area contributed by atoms with Crippen LogP contribution in [0.1, 0.15) is 98.5 Å². The minimum absolute atomic E-state index is 0.0518. The van der Waals surface area contributed by atoms with Crippen molar-refractivity contribution in [2.45, 2.75) is 135 Å². The van der Waals surface area contributed by atoms with Crippen molar-refractivity contribution in [3.63, 3.8) is 0 Å². The van der Waals surface area contributed by atoms with Gasteiger partial charge >= 0.3 is 0 Å². The van der Waals surface area contributed by atoms with Gasteiger partial charge in [0.25, 0.3) is 0 Å². The summed E-state index contributed by atoms with van der Waals surface area (Å²) in [6.45, 7) is 15.5. The highest BCUT2D eigenvalue weighted by Crippen LogP contribution is 2.70. The van der Waals surface area contributed by atoms with Gasteiger partial charge in [-0.1, -0.05) is 50.3 Å². The summed E-state index contributed by atoms with van der Waals surface area (Å²) in [4.78, 5) is 0.